The molecule has 0 saturated heterocycles. The van der Waals surface area contributed by atoms with E-state index in [9.17, 15) is 4.79 Å². The second-order valence-electron chi connectivity index (χ2n) is 13.0. The van der Waals surface area contributed by atoms with E-state index in [1.54, 1.807) is 6.08 Å². The monoisotopic (exact) mass is 590 g/mol. The zero-order chi connectivity index (χ0) is 28.5. The molecular weight excluding hydrogens is 536 g/mol. The van der Waals surface area contributed by atoms with E-state index < -0.39 is 0 Å². The number of carbonyl (C=O) groups is 1. The van der Waals surface area contributed by atoms with Crippen molar-refractivity contribution in [3.8, 4) is 11.5 Å². The van der Waals surface area contributed by atoms with Gasteiger partial charge < -0.3 is 9.47 Å². The fraction of sp³-hybridized carbons (Fsp3) is 0.735. The molecular formula is C34H55BrO3. The minimum absolute atomic E-state index is 0.130. The van der Waals surface area contributed by atoms with Gasteiger partial charge in [-0.2, -0.15) is 0 Å². The molecule has 38 heavy (non-hydrogen) atoms. The Labute approximate surface area is 242 Å². The van der Waals surface area contributed by atoms with Crippen molar-refractivity contribution in [2.45, 2.75) is 139 Å². The summed E-state index contributed by atoms with van der Waals surface area (Å²) >= 11 is 3.39. The maximum Gasteiger partial charge on any atom is 0.336 e. The number of hydrogen-bond acceptors (Lipinski definition) is 3. The van der Waals surface area contributed by atoms with Gasteiger partial charge >= 0.3 is 5.97 Å². The summed E-state index contributed by atoms with van der Waals surface area (Å²) in [7, 11) is 0. The molecule has 3 nitrogen and oxygen atoms in total. The van der Waals surface area contributed by atoms with Crippen molar-refractivity contribution in [3.05, 3.63) is 33.9 Å². The van der Waals surface area contributed by atoms with Crippen LogP contribution in [0.4, 0.5) is 0 Å². The number of esters is 1. The maximum atomic E-state index is 12.5. The number of alkyl halides is 1. The maximum absolute atomic E-state index is 12.5. The fourth-order valence-corrected chi connectivity index (χ4v) is 5.94. The topological polar surface area (TPSA) is 35.5 Å². The van der Waals surface area contributed by atoms with Crippen molar-refractivity contribution in [2.24, 2.45) is 17.8 Å². The van der Waals surface area contributed by atoms with E-state index in [0.29, 0.717) is 11.1 Å². The van der Waals surface area contributed by atoms with Gasteiger partial charge in [-0.25, -0.2) is 4.79 Å². The van der Waals surface area contributed by atoms with Crippen molar-refractivity contribution in [1.29, 1.82) is 0 Å². The molecule has 0 N–H and O–H groups in total. The van der Waals surface area contributed by atoms with Crippen LogP contribution in [0.5, 0.6) is 11.5 Å². The molecule has 1 aliphatic rings. The molecule has 0 aromatic heterocycles. The third kappa shape index (κ3) is 10.0. The Kier molecular flexibility index (Phi) is 13.4. The summed E-state index contributed by atoms with van der Waals surface area (Å²) in [6.07, 6.45) is 15.3. The highest BCUT2D eigenvalue weighted by atomic mass is 79.9. The van der Waals surface area contributed by atoms with Crippen LogP contribution < -0.4 is 9.47 Å². The highest BCUT2D eigenvalue weighted by molar-refractivity contribution is 9.09. The van der Waals surface area contributed by atoms with Crippen LogP contribution in [0.3, 0.4) is 0 Å². The van der Waals surface area contributed by atoms with E-state index >= 15 is 0 Å². The van der Waals surface area contributed by atoms with Crippen LogP contribution in [0.25, 0.3) is 0 Å². The molecule has 0 aliphatic carbocycles. The van der Waals surface area contributed by atoms with Crippen LogP contribution in [0, 0.1) is 38.5 Å². The van der Waals surface area contributed by atoms with E-state index in [-0.39, 0.29) is 11.6 Å². The number of hydrogen-bond donors (Lipinski definition) is 0. The van der Waals surface area contributed by atoms with E-state index in [1.807, 2.05) is 13.8 Å². The third-order valence-electron chi connectivity index (χ3n) is 8.62. The number of carbonyl (C=O) groups excluding carboxylic acids is 1. The summed E-state index contributed by atoms with van der Waals surface area (Å²) < 4.78 is 12.6. The van der Waals surface area contributed by atoms with Gasteiger partial charge in [0.15, 0.2) is 0 Å². The molecule has 1 heterocycles. The number of benzene rings is 1. The Hall–Kier alpha value is -1.29. The van der Waals surface area contributed by atoms with Gasteiger partial charge in [0.1, 0.15) is 17.1 Å². The first-order chi connectivity index (χ1) is 17.9. The summed E-state index contributed by atoms with van der Waals surface area (Å²) in [5, 5.41) is 0.659. The molecule has 0 saturated carbocycles. The van der Waals surface area contributed by atoms with Crippen molar-refractivity contribution in [1.82, 2.24) is 0 Å². The Morgan fingerprint density at radius 3 is 2.11 bits per heavy atom. The van der Waals surface area contributed by atoms with Crippen molar-refractivity contribution in [3.63, 3.8) is 0 Å². The second kappa shape index (κ2) is 15.5. The Morgan fingerprint density at radius 1 is 0.947 bits per heavy atom. The molecule has 4 heteroatoms. The first-order valence-electron chi connectivity index (χ1n) is 15.1. The van der Waals surface area contributed by atoms with Crippen LogP contribution in [-0.2, 0) is 11.2 Å². The minimum Gasteiger partial charge on any atom is -0.487 e. The van der Waals surface area contributed by atoms with Gasteiger partial charge in [0.05, 0.1) is 0 Å². The Bertz CT molecular complexity index is 948. The minimum atomic E-state index is -0.316. The molecule has 1 aromatic carbocycles. The van der Waals surface area contributed by atoms with E-state index in [0.717, 1.165) is 65.0 Å². The van der Waals surface area contributed by atoms with Gasteiger partial charge in [-0.05, 0) is 94.7 Å². The molecule has 0 spiro atoms. The number of ether oxygens (including phenoxy) is 2. The van der Waals surface area contributed by atoms with Gasteiger partial charge in [0.2, 0.25) is 0 Å². The van der Waals surface area contributed by atoms with Crippen molar-refractivity contribution < 1.29 is 14.3 Å². The molecule has 0 amide bonds. The average Bonchev–Trinajstić information content (AvgIpc) is 2.84. The van der Waals surface area contributed by atoms with Gasteiger partial charge in [-0.3, -0.25) is 0 Å². The number of rotatable bonds is 15. The summed E-state index contributed by atoms with van der Waals surface area (Å²) in [6.45, 7) is 19.9. The molecule has 3 unspecified atom stereocenters. The van der Waals surface area contributed by atoms with Crippen LogP contribution >= 0.6 is 15.9 Å². The summed E-state index contributed by atoms with van der Waals surface area (Å²) in [5.74, 6) is 3.87. The van der Waals surface area contributed by atoms with Crippen LogP contribution in [-0.4, -0.2) is 16.9 Å². The predicted octanol–water partition coefficient (Wildman–Crippen LogP) is 10.4. The molecule has 2 rings (SSSR count). The first-order valence-corrected chi connectivity index (χ1v) is 16.3. The lowest BCUT2D eigenvalue weighted by molar-refractivity contribution is -0.129. The van der Waals surface area contributed by atoms with Gasteiger partial charge in [-0.1, -0.05) is 94.1 Å². The summed E-state index contributed by atoms with van der Waals surface area (Å²) in [4.78, 5) is 12.5. The molecule has 1 aromatic rings. The summed E-state index contributed by atoms with van der Waals surface area (Å²) in [5.41, 5.74) is 5.14. The smallest absolute Gasteiger partial charge is 0.336 e. The van der Waals surface area contributed by atoms with Gasteiger partial charge in [-0.15, -0.1) is 0 Å². The lowest BCUT2D eigenvalue weighted by atomic mass is 9.83. The van der Waals surface area contributed by atoms with E-state index in [1.165, 1.54) is 56.9 Å². The van der Waals surface area contributed by atoms with Crippen LogP contribution in [0.15, 0.2) is 11.6 Å². The quantitative estimate of drug-likeness (QED) is 0.0881. The zero-order valence-corrected chi connectivity index (χ0v) is 27.5. The number of halogens is 1. The molecule has 216 valence electrons. The number of fused-ring (bicyclic) bond motifs is 1. The second-order valence-corrected chi connectivity index (χ2v) is 13.5. The normalized spacial score (nSPS) is 19.2. The predicted molar refractivity (Wildman–Crippen MR) is 166 cm³/mol. The highest BCUT2D eigenvalue weighted by Gasteiger charge is 2.34. The Morgan fingerprint density at radius 2 is 1.53 bits per heavy atom. The third-order valence-corrected chi connectivity index (χ3v) is 9.50. The largest absolute Gasteiger partial charge is 0.487 e. The van der Waals surface area contributed by atoms with Crippen LogP contribution in [0.1, 0.15) is 128 Å². The molecule has 3 atom stereocenters. The van der Waals surface area contributed by atoms with Crippen LogP contribution in [0.2, 0.25) is 0 Å². The zero-order valence-electron chi connectivity index (χ0n) is 25.9. The molecule has 0 bridgehead atoms. The van der Waals surface area contributed by atoms with E-state index in [2.05, 4.69) is 64.4 Å². The number of allylic oxidation sites excluding steroid dienone is 1. The first kappa shape index (κ1) is 32.9. The fourth-order valence-electron chi connectivity index (χ4n) is 5.78. The lowest BCUT2D eigenvalue weighted by Gasteiger charge is -2.38. The molecule has 0 radical (unpaired) electrons. The standard InChI is InChI=1S/C34H55BrO3/c1-23(2)13-10-14-24(3)15-11-16-25(4)17-12-19-34(9)20-18-30-29(8)32(27(6)28(7)33(30)38-34)37-31(36)21-26(5)22-35/h21,23-25H,10-20,22H2,1-9H3/b26-21+. The highest BCUT2D eigenvalue weighted by Crippen LogP contribution is 2.45. The molecule has 0 fully saturated rings. The van der Waals surface area contributed by atoms with Crippen molar-refractivity contribution >= 4 is 21.9 Å². The SMILES string of the molecule is C/C(=C\C(=O)Oc1c(C)c(C)c2c(c1C)CCC(C)(CCCC(C)CCCC(C)CCCC(C)C)O2)CBr. The Balaban J connectivity index is 1.89. The van der Waals surface area contributed by atoms with E-state index in [4.69, 9.17) is 9.47 Å². The average molecular weight is 592 g/mol. The lowest BCUT2D eigenvalue weighted by Crippen LogP contribution is -2.37. The van der Waals surface area contributed by atoms with Gasteiger partial charge in [0.25, 0.3) is 0 Å². The molecule has 1 aliphatic heterocycles. The van der Waals surface area contributed by atoms with Gasteiger partial charge in [0, 0.05) is 17.0 Å². The van der Waals surface area contributed by atoms with Crippen molar-refractivity contribution in [2.75, 3.05) is 5.33 Å². The summed E-state index contributed by atoms with van der Waals surface area (Å²) in [6, 6.07) is 0.